The van der Waals surface area contributed by atoms with Crippen LogP contribution in [0.15, 0.2) is 18.3 Å². The summed E-state index contributed by atoms with van der Waals surface area (Å²) in [6, 6.07) is 3.62. The zero-order valence-corrected chi connectivity index (χ0v) is 7.19. The van der Waals surface area contributed by atoms with E-state index < -0.39 is 0 Å². The zero-order chi connectivity index (χ0) is 8.27. The molecule has 2 nitrogen and oxygen atoms in total. The van der Waals surface area contributed by atoms with Gasteiger partial charge < -0.3 is 10.1 Å². The number of aliphatic hydroxyl groups is 1. The molecule has 0 bridgehead atoms. The minimum Gasteiger partial charge on any atom is -0.388 e. The molecule has 2 N–H and O–H groups in total. The normalized spacial score (nSPS) is 12.9. The lowest BCUT2D eigenvalue weighted by atomic mass is 10.1. The number of H-pyrrole nitrogens is 1. The summed E-state index contributed by atoms with van der Waals surface area (Å²) in [5, 5.41) is 9.37. The molecular weight excluding hydrogens is 158 g/mol. The van der Waals surface area contributed by atoms with Crippen molar-refractivity contribution < 1.29 is 5.11 Å². The maximum Gasteiger partial charge on any atom is 0.103 e. The molecule has 1 heterocycles. The maximum atomic E-state index is 9.37. The van der Waals surface area contributed by atoms with E-state index in [1.807, 2.05) is 13.0 Å². The Morgan fingerprint density at radius 3 is 2.82 bits per heavy atom. The number of aromatic amines is 1. The highest BCUT2D eigenvalue weighted by Gasteiger charge is 2.01. The molecule has 1 rings (SSSR count). The van der Waals surface area contributed by atoms with Gasteiger partial charge in [0.2, 0.25) is 0 Å². The summed E-state index contributed by atoms with van der Waals surface area (Å²) in [5.41, 5.74) is 0.890. The zero-order valence-electron chi connectivity index (χ0n) is 6.37. The monoisotopic (exact) mass is 169 g/mol. The molecule has 0 unspecified atom stereocenters. The Morgan fingerprint density at radius 1 is 1.64 bits per heavy atom. The van der Waals surface area contributed by atoms with Gasteiger partial charge in [-0.15, -0.1) is 0 Å². The van der Waals surface area contributed by atoms with E-state index in [1.165, 1.54) is 0 Å². The predicted octanol–water partition coefficient (Wildman–Crippen LogP) is 2.19. The summed E-state index contributed by atoms with van der Waals surface area (Å²) in [6.45, 7) is 1.94. The Balaban J connectivity index is 2.89. The van der Waals surface area contributed by atoms with Crippen molar-refractivity contribution in [2.75, 3.05) is 0 Å². The molecule has 0 aliphatic heterocycles. The number of rotatable bonds is 2. The molecule has 0 radical (unpaired) electrons. The van der Waals surface area contributed by atoms with Crippen molar-refractivity contribution in [3.63, 3.8) is 0 Å². The third-order valence-electron chi connectivity index (χ3n) is 1.58. The van der Waals surface area contributed by atoms with E-state index in [-0.39, 0.29) is 6.10 Å². The lowest BCUT2D eigenvalue weighted by Gasteiger charge is -2.05. The van der Waals surface area contributed by atoms with Gasteiger partial charge in [0.25, 0.3) is 0 Å². The Kier molecular flexibility index (Phi) is 2.79. The highest BCUT2D eigenvalue weighted by molar-refractivity contribution is 7.71. The van der Waals surface area contributed by atoms with Crippen LogP contribution >= 0.6 is 12.2 Å². The van der Waals surface area contributed by atoms with Gasteiger partial charge in [0.05, 0.1) is 6.10 Å². The molecule has 1 aromatic rings. The Bertz CT molecular complexity index is 261. The maximum absolute atomic E-state index is 9.37. The quantitative estimate of drug-likeness (QED) is 0.666. The average Bonchev–Trinajstić information content (AvgIpc) is 2.05. The second-order valence-corrected chi connectivity index (χ2v) is 2.85. The van der Waals surface area contributed by atoms with Crippen LogP contribution in [0.5, 0.6) is 0 Å². The van der Waals surface area contributed by atoms with Crippen LogP contribution in [-0.4, -0.2) is 10.1 Å². The summed E-state index contributed by atoms with van der Waals surface area (Å²) < 4.78 is 0.692. The van der Waals surface area contributed by atoms with Crippen molar-refractivity contribution in [2.45, 2.75) is 19.4 Å². The standard InChI is InChI=1S/C8H11NOS/c1-2-7(10)6-3-4-8(11)9-5-6/h3-5,7,10H,2H2,1H3,(H,9,11)/t7-/m0/s1. The van der Waals surface area contributed by atoms with Gasteiger partial charge in [-0.25, -0.2) is 0 Å². The van der Waals surface area contributed by atoms with E-state index in [2.05, 4.69) is 4.98 Å². The second-order valence-electron chi connectivity index (χ2n) is 2.41. The first-order chi connectivity index (χ1) is 5.24. The number of nitrogens with one attached hydrogen (secondary N) is 1. The molecule has 0 aromatic carbocycles. The van der Waals surface area contributed by atoms with Gasteiger partial charge in [0.1, 0.15) is 4.64 Å². The van der Waals surface area contributed by atoms with E-state index in [9.17, 15) is 5.11 Å². The predicted molar refractivity (Wildman–Crippen MR) is 46.9 cm³/mol. The summed E-state index contributed by atoms with van der Waals surface area (Å²) in [6.07, 6.45) is 2.10. The molecule has 1 atom stereocenters. The smallest absolute Gasteiger partial charge is 0.103 e. The SMILES string of the molecule is CC[C@H](O)c1ccc(=S)[nH]c1. The van der Waals surface area contributed by atoms with Crippen molar-refractivity contribution >= 4 is 12.2 Å². The third-order valence-corrected chi connectivity index (χ3v) is 1.83. The van der Waals surface area contributed by atoms with E-state index in [1.54, 1.807) is 12.3 Å². The first-order valence-electron chi connectivity index (χ1n) is 3.60. The minimum atomic E-state index is -0.373. The molecule has 3 heteroatoms. The van der Waals surface area contributed by atoms with Crippen LogP contribution in [0.3, 0.4) is 0 Å². The van der Waals surface area contributed by atoms with Gasteiger partial charge in [-0.2, -0.15) is 0 Å². The van der Waals surface area contributed by atoms with Crippen LogP contribution in [0.1, 0.15) is 25.0 Å². The summed E-state index contributed by atoms with van der Waals surface area (Å²) in [4.78, 5) is 2.87. The van der Waals surface area contributed by atoms with E-state index in [0.29, 0.717) is 4.64 Å². The number of hydrogen-bond acceptors (Lipinski definition) is 2. The van der Waals surface area contributed by atoms with Crippen LogP contribution < -0.4 is 0 Å². The van der Waals surface area contributed by atoms with E-state index in [4.69, 9.17) is 12.2 Å². The van der Waals surface area contributed by atoms with Crippen LogP contribution in [0, 0.1) is 4.64 Å². The van der Waals surface area contributed by atoms with Crippen molar-refractivity contribution in [3.05, 3.63) is 28.5 Å². The van der Waals surface area contributed by atoms with Crippen molar-refractivity contribution in [1.29, 1.82) is 0 Å². The van der Waals surface area contributed by atoms with Crippen LogP contribution in [0.4, 0.5) is 0 Å². The highest BCUT2D eigenvalue weighted by Crippen LogP contribution is 2.13. The topological polar surface area (TPSA) is 36.0 Å². The first kappa shape index (κ1) is 8.43. The minimum absolute atomic E-state index is 0.373. The first-order valence-corrected chi connectivity index (χ1v) is 4.01. The lowest BCUT2D eigenvalue weighted by Crippen LogP contribution is -1.94. The van der Waals surface area contributed by atoms with Crippen molar-refractivity contribution in [1.82, 2.24) is 4.98 Å². The van der Waals surface area contributed by atoms with Crippen molar-refractivity contribution in [3.8, 4) is 0 Å². The molecule has 11 heavy (non-hydrogen) atoms. The Hall–Kier alpha value is -0.670. The Labute approximate surface area is 70.9 Å². The van der Waals surface area contributed by atoms with Crippen LogP contribution in [0.2, 0.25) is 0 Å². The van der Waals surface area contributed by atoms with Crippen LogP contribution in [0.25, 0.3) is 0 Å². The molecule has 0 saturated carbocycles. The second kappa shape index (κ2) is 3.64. The van der Waals surface area contributed by atoms with Gasteiger partial charge in [0, 0.05) is 6.20 Å². The molecule has 60 valence electrons. The third kappa shape index (κ3) is 2.13. The van der Waals surface area contributed by atoms with Gasteiger partial charge in [-0.05, 0) is 18.1 Å². The highest BCUT2D eigenvalue weighted by atomic mass is 32.1. The Morgan fingerprint density at radius 2 is 2.36 bits per heavy atom. The van der Waals surface area contributed by atoms with Gasteiger partial charge >= 0.3 is 0 Å². The molecule has 0 spiro atoms. The van der Waals surface area contributed by atoms with E-state index >= 15 is 0 Å². The summed E-state index contributed by atoms with van der Waals surface area (Å²) >= 11 is 4.86. The number of hydrogen-bond donors (Lipinski definition) is 2. The number of aromatic nitrogens is 1. The van der Waals surface area contributed by atoms with Crippen molar-refractivity contribution in [2.24, 2.45) is 0 Å². The molecule has 0 fully saturated rings. The van der Waals surface area contributed by atoms with Gasteiger partial charge in [0.15, 0.2) is 0 Å². The molecular formula is C8H11NOS. The molecule has 0 saturated heterocycles. The fourth-order valence-corrected chi connectivity index (χ4v) is 0.993. The van der Waals surface area contributed by atoms with Gasteiger partial charge in [-0.3, -0.25) is 0 Å². The average molecular weight is 169 g/mol. The molecule has 0 amide bonds. The number of pyridine rings is 1. The molecule has 1 aromatic heterocycles. The number of aliphatic hydroxyl groups excluding tert-OH is 1. The lowest BCUT2D eigenvalue weighted by molar-refractivity contribution is 0.173. The summed E-state index contributed by atoms with van der Waals surface area (Å²) in [7, 11) is 0. The fourth-order valence-electron chi connectivity index (χ4n) is 0.866. The summed E-state index contributed by atoms with van der Waals surface area (Å²) in [5.74, 6) is 0. The molecule has 0 aliphatic carbocycles. The van der Waals surface area contributed by atoms with E-state index in [0.717, 1.165) is 12.0 Å². The fraction of sp³-hybridized carbons (Fsp3) is 0.375. The van der Waals surface area contributed by atoms with Crippen LogP contribution in [-0.2, 0) is 0 Å². The largest absolute Gasteiger partial charge is 0.388 e. The molecule has 0 aliphatic rings. The van der Waals surface area contributed by atoms with Gasteiger partial charge in [-0.1, -0.05) is 25.2 Å².